The van der Waals surface area contributed by atoms with Gasteiger partial charge in [0.25, 0.3) is 0 Å². The Morgan fingerprint density at radius 3 is 2.53 bits per heavy atom. The van der Waals surface area contributed by atoms with E-state index in [4.69, 9.17) is 9.16 Å². The van der Waals surface area contributed by atoms with Crippen molar-refractivity contribution in [2.24, 2.45) is 0 Å². The molecule has 0 saturated heterocycles. The minimum atomic E-state index is -1.57. The van der Waals surface area contributed by atoms with Crippen LogP contribution in [0.3, 0.4) is 0 Å². The minimum Gasteiger partial charge on any atom is -0.463 e. The van der Waals surface area contributed by atoms with Gasteiger partial charge in [0.05, 0.1) is 6.61 Å². The second-order valence-electron chi connectivity index (χ2n) is 4.40. The average molecular weight is 230 g/mol. The van der Waals surface area contributed by atoms with Crippen molar-refractivity contribution >= 4 is 14.3 Å². The Kier molecular flexibility index (Phi) is 6.52. The maximum atomic E-state index is 10.8. The first kappa shape index (κ1) is 14.4. The van der Waals surface area contributed by atoms with Gasteiger partial charge >= 0.3 is 5.97 Å². The molecular formula is C11H22O3Si. The lowest BCUT2D eigenvalue weighted by molar-refractivity contribution is -0.137. The molecule has 0 saturated carbocycles. The Balaban J connectivity index is 3.65. The average Bonchev–Trinajstić information content (AvgIpc) is 2.10. The van der Waals surface area contributed by atoms with Gasteiger partial charge in [0.15, 0.2) is 8.32 Å². The SMILES string of the molecule is C=CC(=O)OCCC[Si](C)(C)OC(C)C. The molecule has 0 unspecified atom stereocenters. The molecule has 0 heterocycles. The molecule has 0 atom stereocenters. The number of hydrogen-bond donors (Lipinski definition) is 0. The summed E-state index contributed by atoms with van der Waals surface area (Å²) < 4.78 is 10.8. The molecule has 0 spiro atoms. The van der Waals surface area contributed by atoms with E-state index in [0.29, 0.717) is 6.61 Å². The van der Waals surface area contributed by atoms with E-state index in [1.807, 2.05) is 13.8 Å². The molecule has 0 aliphatic heterocycles. The molecule has 0 rings (SSSR count). The zero-order valence-corrected chi connectivity index (χ0v) is 11.2. The van der Waals surface area contributed by atoms with E-state index in [0.717, 1.165) is 12.5 Å². The fraction of sp³-hybridized carbons (Fsp3) is 0.727. The summed E-state index contributed by atoms with van der Waals surface area (Å²) in [5.74, 6) is -0.348. The van der Waals surface area contributed by atoms with Gasteiger partial charge in [0, 0.05) is 12.2 Å². The van der Waals surface area contributed by atoms with Gasteiger partial charge in [-0.15, -0.1) is 0 Å². The standard InChI is InChI=1S/C11H22O3Si/c1-6-11(12)13-8-7-9-15(4,5)14-10(2)3/h6,10H,1,7-9H2,2-5H3. The fourth-order valence-electron chi connectivity index (χ4n) is 1.43. The second kappa shape index (κ2) is 6.79. The summed E-state index contributed by atoms with van der Waals surface area (Å²) in [7, 11) is -1.57. The molecule has 0 aromatic rings. The lowest BCUT2D eigenvalue weighted by Gasteiger charge is -2.25. The van der Waals surface area contributed by atoms with Crippen LogP contribution in [0, 0.1) is 0 Å². The summed E-state index contributed by atoms with van der Waals surface area (Å²) >= 11 is 0. The number of rotatable bonds is 7. The molecule has 0 radical (unpaired) electrons. The van der Waals surface area contributed by atoms with Crippen LogP contribution in [0.15, 0.2) is 12.7 Å². The summed E-state index contributed by atoms with van der Waals surface area (Å²) in [6, 6.07) is 1.01. The van der Waals surface area contributed by atoms with E-state index in [2.05, 4.69) is 19.7 Å². The van der Waals surface area contributed by atoms with Crippen molar-refractivity contribution in [2.45, 2.75) is 45.5 Å². The van der Waals surface area contributed by atoms with Crippen LogP contribution >= 0.6 is 0 Å². The topological polar surface area (TPSA) is 35.5 Å². The van der Waals surface area contributed by atoms with E-state index < -0.39 is 8.32 Å². The highest BCUT2D eigenvalue weighted by Gasteiger charge is 2.23. The zero-order chi connectivity index (χ0) is 11.9. The molecular weight excluding hydrogens is 208 g/mol. The highest BCUT2D eigenvalue weighted by atomic mass is 28.4. The van der Waals surface area contributed by atoms with Crippen LogP contribution in [0.4, 0.5) is 0 Å². The van der Waals surface area contributed by atoms with Crippen LogP contribution in [0.1, 0.15) is 20.3 Å². The molecule has 0 bridgehead atoms. The third-order valence-electron chi connectivity index (χ3n) is 1.89. The molecule has 88 valence electrons. The summed E-state index contributed by atoms with van der Waals surface area (Å²) in [5.41, 5.74) is 0. The first-order valence-electron chi connectivity index (χ1n) is 5.34. The van der Waals surface area contributed by atoms with E-state index in [1.165, 1.54) is 6.08 Å². The molecule has 0 amide bonds. The predicted molar refractivity (Wildman–Crippen MR) is 64.3 cm³/mol. The fourth-order valence-corrected chi connectivity index (χ4v) is 3.82. The maximum absolute atomic E-state index is 10.8. The van der Waals surface area contributed by atoms with Gasteiger partial charge in [0.1, 0.15) is 0 Å². The molecule has 0 aromatic heterocycles. The van der Waals surface area contributed by atoms with Gasteiger partial charge in [-0.05, 0) is 39.4 Å². The number of carbonyl (C=O) groups excluding carboxylic acids is 1. The van der Waals surface area contributed by atoms with Crippen LogP contribution < -0.4 is 0 Å². The highest BCUT2D eigenvalue weighted by Crippen LogP contribution is 2.15. The van der Waals surface area contributed by atoms with E-state index in [9.17, 15) is 4.79 Å². The van der Waals surface area contributed by atoms with Gasteiger partial charge < -0.3 is 9.16 Å². The molecule has 3 nitrogen and oxygen atoms in total. The maximum Gasteiger partial charge on any atom is 0.330 e. The molecule has 4 heteroatoms. The molecule has 0 aromatic carbocycles. The van der Waals surface area contributed by atoms with Crippen molar-refractivity contribution in [3.63, 3.8) is 0 Å². The number of ether oxygens (including phenoxy) is 1. The molecule has 0 N–H and O–H groups in total. The number of hydrogen-bond acceptors (Lipinski definition) is 3. The van der Waals surface area contributed by atoms with Gasteiger partial charge in [-0.1, -0.05) is 6.58 Å². The predicted octanol–water partition coefficient (Wildman–Crippen LogP) is 2.74. The summed E-state index contributed by atoms with van der Waals surface area (Å²) in [6.07, 6.45) is 2.33. The van der Waals surface area contributed by atoms with Crippen molar-refractivity contribution in [2.75, 3.05) is 6.61 Å². The first-order valence-corrected chi connectivity index (χ1v) is 8.46. The number of carbonyl (C=O) groups is 1. The highest BCUT2D eigenvalue weighted by molar-refractivity contribution is 6.71. The number of esters is 1. The normalized spacial score (nSPS) is 11.5. The van der Waals surface area contributed by atoms with Crippen molar-refractivity contribution in [3.8, 4) is 0 Å². The van der Waals surface area contributed by atoms with Gasteiger partial charge in [-0.25, -0.2) is 4.79 Å². The zero-order valence-electron chi connectivity index (χ0n) is 10.2. The van der Waals surface area contributed by atoms with Gasteiger partial charge in [-0.3, -0.25) is 0 Å². The lowest BCUT2D eigenvalue weighted by Crippen LogP contribution is -2.33. The smallest absolute Gasteiger partial charge is 0.330 e. The van der Waals surface area contributed by atoms with Crippen LogP contribution in [0.5, 0.6) is 0 Å². The summed E-state index contributed by atoms with van der Waals surface area (Å²) in [5, 5.41) is 0. The first-order chi connectivity index (χ1) is 6.87. The van der Waals surface area contributed by atoms with Crippen molar-refractivity contribution in [3.05, 3.63) is 12.7 Å². The second-order valence-corrected chi connectivity index (χ2v) is 8.66. The Morgan fingerprint density at radius 1 is 1.47 bits per heavy atom. The lowest BCUT2D eigenvalue weighted by atomic mass is 10.5. The van der Waals surface area contributed by atoms with Gasteiger partial charge in [0.2, 0.25) is 0 Å². The monoisotopic (exact) mass is 230 g/mol. The Hall–Kier alpha value is -0.613. The summed E-state index contributed by atoms with van der Waals surface area (Å²) in [6.45, 7) is 12.3. The summed E-state index contributed by atoms with van der Waals surface area (Å²) in [4.78, 5) is 10.8. The minimum absolute atomic E-state index is 0.280. The van der Waals surface area contributed by atoms with E-state index in [-0.39, 0.29) is 12.1 Å². The Labute approximate surface area is 93.6 Å². The molecule has 0 aliphatic carbocycles. The van der Waals surface area contributed by atoms with Crippen molar-refractivity contribution in [1.29, 1.82) is 0 Å². The Bertz CT molecular complexity index is 212. The molecule has 0 aliphatic rings. The van der Waals surface area contributed by atoms with Crippen LogP contribution in [-0.4, -0.2) is 27.0 Å². The van der Waals surface area contributed by atoms with Crippen LogP contribution in [-0.2, 0) is 14.0 Å². The van der Waals surface area contributed by atoms with Crippen LogP contribution in [0.2, 0.25) is 19.1 Å². The van der Waals surface area contributed by atoms with E-state index >= 15 is 0 Å². The Morgan fingerprint density at radius 2 is 2.07 bits per heavy atom. The van der Waals surface area contributed by atoms with Gasteiger partial charge in [-0.2, -0.15) is 0 Å². The molecule has 0 fully saturated rings. The third kappa shape index (κ3) is 8.39. The molecule has 15 heavy (non-hydrogen) atoms. The van der Waals surface area contributed by atoms with Crippen LogP contribution in [0.25, 0.3) is 0 Å². The third-order valence-corrected chi connectivity index (χ3v) is 4.56. The largest absolute Gasteiger partial charge is 0.463 e. The van der Waals surface area contributed by atoms with Crippen molar-refractivity contribution < 1.29 is 14.0 Å². The quantitative estimate of drug-likeness (QED) is 0.292. The van der Waals surface area contributed by atoms with E-state index in [1.54, 1.807) is 0 Å². The van der Waals surface area contributed by atoms with Crippen molar-refractivity contribution in [1.82, 2.24) is 0 Å².